The fourth-order valence-corrected chi connectivity index (χ4v) is 0. The van der Waals surface area contributed by atoms with Crippen molar-refractivity contribution in [1.82, 2.24) is 0 Å². The van der Waals surface area contributed by atoms with Gasteiger partial charge in [0.1, 0.15) is 0 Å². The quantitative estimate of drug-likeness (QED) is 0.441. The first-order chi connectivity index (χ1) is 2.56. The molecule has 1 unspecified atom stereocenters. The van der Waals surface area contributed by atoms with Crippen LogP contribution in [0.3, 0.4) is 0 Å². The number of hydrogen-bond acceptors (Lipinski definition) is 1. The highest BCUT2D eigenvalue weighted by molar-refractivity contribution is 7.66. The van der Waals surface area contributed by atoms with E-state index in [0.717, 1.165) is 0 Å². The predicted octanol–water partition coefficient (Wildman–Crippen LogP) is 0.361. The molecule has 0 N–H and O–H groups in total. The maximum Gasteiger partial charge on any atom is -0.0497 e. The molecule has 0 aliphatic heterocycles. The van der Waals surface area contributed by atoms with Gasteiger partial charge in [-0.25, -0.2) is 7.11 Å². The van der Waals surface area contributed by atoms with E-state index in [-0.39, 0.29) is 0 Å². The highest BCUT2D eigenvalue weighted by Crippen LogP contribution is 2.26. The molecule has 0 aromatic rings. The van der Waals surface area contributed by atoms with Crippen molar-refractivity contribution in [3.63, 3.8) is 0 Å². The molecule has 2 heteroatoms. The summed E-state index contributed by atoms with van der Waals surface area (Å²) in [5, 5.41) is 0. The molecule has 1 atom stereocenters. The second kappa shape index (κ2) is 1.81. The van der Waals surface area contributed by atoms with Gasteiger partial charge < -0.3 is 4.89 Å². The summed E-state index contributed by atoms with van der Waals surface area (Å²) < 4.78 is 0. The summed E-state index contributed by atoms with van der Waals surface area (Å²) in [7, 11) is -1.90. The standard InChI is InChI=1S/C4H10OP/c1-4-6(2,3)5/h2,4H2,1,3H3/q-1. The van der Waals surface area contributed by atoms with Crippen molar-refractivity contribution >= 4 is 13.4 Å². The molecule has 0 bridgehead atoms. The Kier molecular flexibility index (Phi) is 1.89. The lowest BCUT2D eigenvalue weighted by atomic mass is 11.0. The fraction of sp³-hybridized carbons (Fsp3) is 0.750. The van der Waals surface area contributed by atoms with Crippen LogP contribution in [0.5, 0.6) is 0 Å². The van der Waals surface area contributed by atoms with Crippen LogP contribution in [0.2, 0.25) is 0 Å². The largest absolute Gasteiger partial charge is 0.829 e. The summed E-state index contributed by atoms with van der Waals surface area (Å²) in [4.78, 5) is 10.5. The summed E-state index contributed by atoms with van der Waals surface area (Å²) in [5.41, 5.74) is 0. The summed E-state index contributed by atoms with van der Waals surface area (Å²) in [6, 6.07) is 0. The molecule has 0 amide bonds. The van der Waals surface area contributed by atoms with Crippen LogP contribution in [-0.4, -0.2) is 19.1 Å². The van der Waals surface area contributed by atoms with Crippen molar-refractivity contribution in [2.24, 2.45) is 0 Å². The lowest BCUT2D eigenvalue weighted by Gasteiger charge is -2.21. The zero-order valence-corrected chi connectivity index (χ0v) is 5.16. The van der Waals surface area contributed by atoms with Gasteiger partial charge in [-0.1, -0.05) is 13.6 Å². The van der Waals surface area contributed by atoms with E-state index in [0.29, 0.717) is 6.16 Å². The van der Waals surface area contributed by atoms with Gasteiger partial charge in [0, 0.05) is 0 Å². The van der Waals surface area contributed by atoms with E-state index in [2.05, 4.69) is 6.30 Å². The predicted molar refractivity (Wildman–Crippen MR) is 30.5 cm³/mol. The van der Waals surface area contributed by atoms with Crippen molar-refractivity contribution in [1.29, 1.82) is 0 Å². The third kappa shape index (κ3) is 4.26. The monoisotopic (exact) mass is 105 g/mol. The van der Waals surface area contributed by atoms with Gasteiger partial charge in [-0.15, -0.1) is 6.30 Å². The minimum absolute atomic E-state index is 0.715. The molecule has 0 fully saturated rings. The van der Waals surface area contributed by atoms with Crippen molar-refractivity contribution in [2.45, 2.75) is 6.92 Å². The highest BCUT2D eigenvalue weighted by Gasteiger charge is 1.78. The van der Waals surface area contributed by atoms with E-state index in [1.54, 1.807) is 6.66 Å². The molecule has 0 heterocycles. The average molecular weight is 105 g/mol. The van der Waals surface area contributed by atoms with Gasteiger partial charge in [0.2, 0.25) is 0 Å². The van der Waals surface area contributed by atoms with Crippen LogP contribution in [0.1, 0.15) is 6.92 Å². The third-order valence-electron chi connectivity index (χ3n) is 0.669. The molecular formula is C4H10OP-. The van der Waals surface area contributed by atoms with E-state index in [1.165, 1.54) is 0 Å². The van der Waals surface area contributed by atoms with Crippen LogP contribution in [0, 0.1) is 0 Å². The third-order valence-corrected chi connectivity index (χ3v) is 2.01. The van der Waals surface area contributed by atoms with E-state index in [1.807, 2.05) is 6.92 Å². The minimum atomic E-state index is -1.90. The first-order valence-electron chi connectivity index (χ1n) is 1.97. The Morgan fingerprint density at radius 2 is 2.00 bits per heavy atom. The zero-order chi connectivity index (χ0) is 5.21. The van der Waals surface area contributed by atoms with Crippen molar-refractivity contribution < 1.29 is 4.89 Å². The smallest absolute Gasteiger partial charge is 0.0497 e. The van der Waals surface area contributed by atoms with Crippen molar-refractivity contribution in [2.75, 3.05) is 12.8 Å². The van der Waals surface area contributed by atoms with Crippen LogP contribution >= 0.6 is 7.11 Å². The van der Waals surface area contributed by atoms with Gasteiger partial charge in [-0.3, -0.25) is 0 Å². The van der Waals surface area contributed by atoms with Crippen molar-refractivity contribution in [3.8, 4) is 0 Å². The number of hydrogen-bond donors (Lipinski definition) is 0. The van der Waals surface area contributed by atoms with Gasteiger partial charge >= 0.3 is 0 Å². The molecule has 0 aliphatic rings. The van der Waals surface area contributed by atoms with Crippen molar-refractivity contribution in [3.05, 3.63) is 0 Å². The van der Waals surface area contributed by atoms with Gasteiger partial charge in [-0.2, -0.15) is 0 Å². The zero-order valence-electron chi connectivity index (χ0n) is 4.27. The summed E-state index contributed by atoms with van der Waals surface area (Å²) in [6.07, 6.45) is 4.16. The maximum absolute atomic E-state index is 10.5. The Balaban J connectivity index is 3.48. The van der Waals surface area contributed by atoms with Gasteiger partial charge in [0.05, 0.1) is 0 Å². The summed E-state index contributed by atoms with van der Waals surface area (Å²) >= 11 is 0. The van der Waals surface area contributed by atoms with E-state index >= 15 is 0 Å². The molecule has 0 saturated heterocycles. The molecule has 0 aliphatic carbocycles. The molecule has 0 aromatic carbocycles. The molecule has 1 nitrogen and oxygen atoms in total. The molecule has 0 rings (SSSR count). The molecular weight excluding hydrogens is 95.0 g/mol. The topological polar surface area (TPSA) is 23.1 Å². The summed E-state index contributed by atoms with van der Waals surface area (Å²) in [5.74, 6) is 0. The molecule has 0 saturated carbocycles. The molecule has 0 aromatic heterocycles. The Bertz CT molecular complexity index is 71.6. The first-order valence-corrected chi connectivity index (χ1v) is 4.49. The SMILES string of the molecule is C=P(C)([O-])CC. The van der Waals surface area contributed by atoms with Gasteiger partial charge in [0.25, 0.3) is 0 Å². The Hall–Kier alpha value is 0.260. The van der Waals surface area contributed by atoms with E-state index in [4.69, 9.17) is 0 Å². The Morgan fingerprint density at radius 3 is 2.00 bits per heavy atom. The van der Waals surface area contributed by atoms with E-state index < -0.39 is 7.11 Å². The average Bonchev–Trinajstić information content (AvgIpc) is 1.35. The Labute approximate surface area is 39.1 Å². The lowest BCUT2D eigenvalue weighted by molar-refractivity contribution is -0.160. The molecule has 38 valence electrons. The maximum atomic E-state index is 10.5. The summed E-state index contributed by atoms with van der Waals surface area (Å²) in [6.45, 7) is 3.57. The van der Waals surface area contributed by atoms with Crippen LogP contribution in [0.15, 0.2) is 0 Å². The van der Waals surface area contributed by atoms with Crippen LogP contribution in [0.4, 0.5) is 0 Å². The van der Waals surface area contributed by atoms with Crippen LogP contribution in [0.25, 0.3) is 0 Å². The Morgan fingerprint density at radius 1 is 1.83 bits per heavy atom. The first kappa shape index (κ1) is 6.26. The van der Waals surface area contributed by atoms with Crippen LogP contribution in [-0.2, 0) is 0 Å². The molecule has 6 heavy (non-hydrogen) atoms. The van der Waals surface area contributed by atoms with Gasteiger partial charge in [0.15, 0.2) is 0 Å². The molecule has 0 spiro atoms. The second-order valence-electron chi connectivity index (χ2n) is 1.61. The minimum Gasteiger partial charge on any atom is -0.829 e. The normalized spacial score (nSPS) is 19.8. The second-order valence-corrected chi connectivity index (χ2v) is 4.84. The fourth-order valence-electron chi connectivity index (χ4n) is 0. The van der Waals surface area contributed by atoms with Crippen LogP contribution < -0.4 is 4.89 Å². The molecule has 0 radical (unpaired) electrons. The number of rotatable bonds is 1. The highest BCUT2D eigenvalue weighted by atomic mass is 31.2. The lowest BCUT2D eigenvalue weighted by Crippen LogP contribution is -1.99. The van der Waals surface area contributed by atoms with Gasteiger partial charge in [-0.05, 0) is 6.16 Å². The van der Waals surface area contributed by atoms with E-state index in [9.17, 15) is 4.89 Å².